The van der Waals surface area contributed by atoms with Crippen LogP contribution in [-0.4, -0.2) is 22.1 Å². The summed E-state index contributed by atoms with van der Waals surface area (Å²) in [7, 11) is 0. The number of imidazole rings is 1. The van der Waals surface area contributed by atoms with E-state index in [1.807, 2.05) is 0 Å². The van der Waals surface area contributed by atoms with E-state index in [-0.39, 0.29) is 22.7 Å². The van der Waals surface area contributed by atoms with Crippen LogP contribution in [0.25, 0.3) is 5.69 Å². The zero-order valence-corrected chi connectivity index (χ0v) is 13.4. The van der Waals surface area contributed by atoms with E-state index in [9.17, 15) is 18.0 Å². The smallest absolute Gasteiger partial charge is 0.417 e. The third kappa shape index (κ3) is 3.91. The molecule has 0 saturated carbocycles. The predicted molar refractivity (Wildman–Crippen MR) is 80.1 cm³/mol. The van der Waals surface area contributed by atoms with Crippen molar-refractivity contribution in [1.82, 2.24) is 9.55 Å². The lowest BCUT2D eigenvalue weighted by atomic mass is 10.1. The standard InChI is InChI=1S/C10H5ClF3N3O.C4H8O2/c11-6-4-8-7(3-5(6)10(12,13)14)16-18-9-15-1-2-17(8)9;1-3-6-4(2)5/h1-4,16H;3H2,1-2H3. The molecule has 1 aliphatic heterocycles. The number of fused-ring (bicyclic) bond motifs is 3. The van der Waals surface area contributed by atoms with E-state index in [1.165, 1.54) is 23.8 Å². The highest BCUT2D eigenvalue weighted by atomic mass is 35.5. The van der Waals surface area contributed by atoms with E-state index in [0.717, 1.165) is 6.07 Å². The Labute approximate surface area is 140 Å². The molecule has 0 aliphatic carbocycles. The van der Waals surface area contributed by atoms with Gasteiger partial charge in [0.15, 0.2) is 0 Å². The highest BCUT2D eigenvalue weighted by molar-refractivity contribution is 6.31. The average Bonchev–Trinajstić information content (AvgIpc) is 2.95. The van der Waals surface area contributed by atoms with Crippen molar-refractivity contribution >= 4 is 23.3 Å². The molecule has 1 aliphatic rings. The van der Waals surface area contributed by atoms with Crippen molar-refractivity contribution in [1.29, 1.82) is 0 Å². The summed E-state index contributed by atoms with van der Waals surface area (Å²) in [6, 6.07) is 2.36. The van der Waals surface area contributed by atoms with Crippen molar-refractivity contribution in [2.45, 2.75) is 20.0 Å². The van der Waals surface area contributed by atoms with E-state index < -0.39 is 11.7 Å². The Bertz CT molecular complexity index is 747. The van der Waals surface area contributed by atoms with Crippen molar-refractivity contribution in [3.63, 3.8) is 0 Å². The number of carbonyl (C=O) groups is 1. The summed E-state index contributed by atoms with van der Waals surface area (Å²) < 4.78 is 43.9. The highest BCUT2D eigenvalue weighted by Gasteiger charge is 2.35. The molecule has 10 heteroatoms. The van der Waals surface area contributed by atoms with Crippen molar-refractivity contribution in [2.75, 3.05) is 12.1 Å². The molecule has 24 heavy (non-hydrogen) atoms. The molecule has 2 aromatic rings. The molecule has 0 spiro atoms. The summed E-state index contributed by atoms with van der Waals surface area (Å²) in [5.74, 6) is -0.211. The average molecular weight is 364 g/mol. The molecule has 0 fully saturated rings. The maximum absolute atomic E-state index is 12.7. The third-order valence-electron chi connectivity index (χ3n) is 2.86. The minimum Gasteiger partial charge on any atom is -0.466 e. The van der Waals surface area contributed by atoms with Crippen LogP contribution in [0.5, 0.6) is 6.01 Å². The van der Waals surface area contributed by atoms with E-state index >= 15 is 0 Å². The summed E-state index contributed by atoms with van der Waals surface area (Å²) in [5.41, 5.74) is 2.12. The second-order valence-corrected chi connectivity index (χ2v) is 4.96. The molecule has 0 atom stereocenters. The van der Waals surface area contributed by atoms with Gasteiger partial charge in [-0.1, -0.05) is 11.6 Å². The van der Waals surface area contributed by atoms with Crippen LogP contribution in [0.2, 0.25) is 5.02 Å². The molecule has 130 valence electrons. The van der Waals surface area contributed by atoms with Gasteiger partial charge in [-0.15, -0.1) is 0 Å². The van der Waals surface area contributed by atoms with Crippen LogP contribution in [0.4, 0.5) is 18.9 Å². The summed E-state index contributed by atoms with van der Waals surface area (Å²) in [6.07, 6.45) is -1.47. The number of hydrogen-bond acceptors (Lipinski definition) is 5. The van der Waals surface area contributed by atoms with Gasteiger partial charge >= 0.3 is 18.2 Å². The normalized spacial score (nSPS) is 11.9. The Balaban J connectivity index is 0.000000301. The Morgan fingerprint density at radius 3 is 2.71 bits per heavy atom. The Hall–Kier alpha value is -2.42. The van der Waals surface area contributed by atoms with Crippen molar-refractivity contribution in [3.8, 4) is 11.7 Å². The van der Waals surface area contributed by atoms with Gasteiger partial charge in [-0.05, 0) is 19.1 Å². The van der Waals surface area contributed by atoms with Gasteiger partial charge < -0.3 is 9.57 Å². The predicted octanol–water partition coefficient (Wildman–Crippen LogP) is 3.83. The first-order chi connectivity index (χ1) is 11.2. The van der Waals surface area contributed by atoms with Gasteiger partial charge in [-0.3, -0.25) is 9.36 Å². The van der Waals surface area contributed by atoms with E-state index in [2.05, 4.69) is 15.2 Å². The number of aromatic nitrogens is 2. The fraction of sp³-hybridized carbons (Fsp3) is 0.286. The van der Waals surface area contributed by atoms with Crippen molar-refractivity contribution < 1.29 is 27.5 Å². The van der Waals surface area contributed by atoms with Gasteiger partial charge in [0.25, 0.3) is 0 Å². The number of carbonyl (C=O) groups excluding carboxylic acids is 1. The summed E-state index contributed by atoms with van der Waals surface area (Å²) >= 11 is 5.66. The van der Waals surface area contributed by atoms with Gasteiger partial charge in [0.05, 0.1) is 28.6 Å². The maximum atomic E-state index is 12.7. The number of anilines is 1. The fourth-order valence-corrected chi connectivity index (χ4v) is 2.18. The van der Waals surface area contributed by atoms with Gasteiger partial charge in [0, 0.05) is 19.3 Å². The van der Waals surface area contributed by atoms with Gasteiger partial charge in [0.1, 0.15) is 0 Å². The van der Waals surface area contributed by atoms with Crippen LogP contribution in [0, 0.1) is 0 Å². The zero-order chi connectivity index (χ0) is 17.9. The van der Waals surface area contributed by atoms with Crippen LogP contribution >= 0.6 is 11.6 Å². The largest absolute Gasteiger partial charge is 0.466 e. The number of nitrogens with one attached hydrogen (secondary N) is 1. The number of hydrogen-bond donors (Lipinski definition) is 1. The molecule has 0 saturated heterocycles. The second kappa shape index (κ2) is 7.00. The lowest BCUT2D eigenvalue weighted by Gasteiger charge is -2.21. The summed E-state index contributed by atoms with van der Waals surface area (Å²) in [6.45, 7) is 3.65. The van der Waals surface area contributed by atoms with Crippen LogP contribution < -0.4 is 10.3 Å². The quantitative estimate of drug-likeness (QED) is 0.780. The zero-order valence-electron chi connectivity index (χ0n) is 12.6. The molecular weight excluding hydrogens is 351 g/mol. The summed E-state index contributed by atoms with van der Waals surface area (Å²) in [5, 5.41) is -0.371. The molecule has 1 aromatic carbocycles. The summed E-state index contributed by atoms with van der Waals surface area (Å²) in [4.78, 5) is 18.7. The minimum atomic E-state index is -4.51. The van der Waals surface area contributed by atoms with E-state index in [1.54, 1.807) is 13.1 Å². The number of halogens is 4. The van der Waals surface area contributed by atoms with Crippen LogP contribution in [0.1, 0.15) is 19.4 Å². The van der Waals surface area contributed by atoms with E-state index in [0.29, 0.717) is 12.3 Å². The van der Waals surface area contributed by atoms with E-state index in [4.69, 9.17) is 16.4 Å². The number of ether oxygens (including phenoxy) is 1. The fourth-order valence-electron chi connectivity index (χ4n) is 1.91. The Kier molecular flexibility index (Phi) is 5.23. The molecule has 0 amide bonds. The van der Waals surface area contributed by atoms with Crippen LogP contribution in [-0.2, 0) is 15.7 Å². The molecule has 2 heterocycles. The monoisotopic (exact) mass is 363 g/mol. The van der Waals surface area contributed by atoms with Gasteiger partial charge in [-0.25, -0.2) is 10.5 Å². The maximum Gasteiger partial charge on any atom is 0.417 e. The molecule has 1 N–H and O–H groups in total. The number of alkyl halides is 3. The number of benzene rings is 1. The van der Waals surface area contributed by atoms with Gasteiger partial charge in [0.2, 0.25) is 0 Å². The molecule has 0 bridgehead atoms. The molecular formula is C14H13ClF3N3O3. The minimum absolute atomic E-state index is 0.178. The molecule has 0 radical (unpaired) electrons. The van der Waals surface area contributed by atoms with Crippen LogP contribution in [0.15, 0.2) is 24.5 Å². The Morgan fingerprint density at radius 1 is 1.46 bits per heavy atom. The SMILES string of the molecule is CCOC(C)=O.FC(F)(F)c1cc2c(cc1Cl)-n1ccnc1ON2. The topological polar surface area (TPSA) is 65.4 Å². The lowest BCUT2D eigenvalue weighted by Crippen LogP contribution is -2.18. The lowest BCUT2D eigenvalue weighted by molar-refractivity contribution is -0.140. The number of nitrogens with zero attached hydrogens (tertiary/aromatic N) is 2. The van der Waals surface area contributed by atoms with Crippen molar-refractivity contribution in [3.05, 3.63) is 35.1 Å². The first kappa shape index (κ1) is 17.9. The van der Waals surface area contributed by atoms with Crippen molar-refractivity contribution in [2.24, 2.45) is 0 Å². The number of rotatable bonds is 1. The first-order valence-corrected chi connectivity index (χ1v) is 7.12. The molecule has 1 aromatic heterocycles. The molecule has 0 unspecified atom stereocenters. The van der Waals surface area contributed by atoms with Crippen LogP contribution in [0.3, 0.4) is 0 Å². The third-order valence-corrected chi connectivity index (χ3v) is 3.17. The highest BCUT2D eigenvalue weighted by Crippen LogP contribution is 2.40. The number of esters is 1. The molecule has 3 rings (SSSR count). The van der Waals surface area contributed by atoms with Gasteiger partial charge in [-0.2, -0.15) is 13.2 Å². The second-order valence-electron chi connectivity index (χ2n) is 4.56. The first-order valence-electron chi connectivity index (χ1n) is 6.74. The molecule has 6 nitrogen and oxygen atoms in total. The Morgan fingerprint density at radius 2 is 2.17 bits per heavy atom.